The predicted octanol–water partition coefficient (Wildman–Crippen LogP) is 7.72. The third-order valence-corrected chi connectivity index (χ3v) is 6.37. The van der Waals surface area contributed by atoms with Gasteiger partial charge in [-0.25, -0.2) is 0 Å². The van der Waals surface area contributed by atoms with Crippen molar-refractivity contribution in [3.63, 3.8) is 0 Å². The van der Waals surface area contributed by atoms with E-state index in [0.29, 0.717) is 0 Å². The van der Waals surface area contributed by atoms with Crippen molar-refractivity contribution in [2.75, 3.05) is 31.1 Å². The molecule has 25 heavy (non-hydrogen) atoms. The third kappa shape index (κ3) is 17.8. The Morgan fingerprint density at radius 3 is 1.32 bits per heavy atom. The summed E-state index contributed by atoms with van der Waals surface area (Å²) in [4.78, 5) is 2.67. The Kier molecular flexibility index (Phi) is 21.4. The third-order valence-electron chi connectivity index (χ3n) is 5.43. The minimum absolute atomic E-state index is 0. The molecule has 0 unspecified atom stereocenters. The van der Waals surface area contributed by atoms with E-state index in [9.17, 15) is 0 Å². The second-order valence-electron chi connectivity index (χ2n) is 7.76. The van der Waals surface area contributed by atoms with Gasteiger partial charge in [-0.2, -0.15) is 11.8 Å². The molecule has 0 N–H and O–H groups in total. The van der Waals surface area contributed by atoms with Crippen molar-refractivity contribution >= 4 is 24.2 Å². The summed E-state index contributed by atoms with van der Waals surface area (Å²) in [6, 6.07) is 0. The zero-order chi connectivity index (χ0) is 17.1. The summed E-state index contributed by atoms with van der Waals surface area (Å²) >= 11 is 2.12. The van der Waals surface area contributed by atoms with Crippen LogP contribution in [0.15, 0.2) is 0 Å². The van der Waals surface area contributed by atoms with Crippen LogP contribution in [0.3, 0.4) is 0 Å². The van der Waals surface area contributed by atoms with Crippen LogP contribution in [0.5, 0.6) is 0 Å². The van der Waals surface area contributed by atoms with E-state index in [1.54, 1.807) is 0 Å². The van der Waals surface area contributed by atoms with Gasteiger partial charge in [0, 0.05) is 24.6 Å². The van der Waals surface area contributed by atoms with Crippen molar-refractivity contribution < 1.29 is 0 Å². The summed E-state index contributed by atoms with van der Waals surface area (Å²) < 4.78 is 0. The van der Waals surface area contributed by atoms with Crippen molar-refractivity contribution in [1.29, 1.82) is 0 Å². The molecule has 1 rings (SSSR count). The maximum atomic E-state index is 2.67. The number of unbranched alkanes of at least 4 members (excludes halogenated alkanes) is 15. The highest BCUT2D eigenvalue weighted by Crippen LogP contribution is 2.14. The van der Waals surface area contributed by atoms with Gasteiger partial charge >= 0.3 is 0 Å². The van der Waals surface area contributed by atoms with Crippen LogP contribution in [0.1, 0.15) is 110 Å². The Labute approximate surface area is 169 Å². The number of hydrogen-bond acceptors (Lipinski definition) is 2. The summed E-state index contributed by atoms with van der Waals surface area (Å²) in [6.45, 7) is 6.33. The van der Waals surface area contributed by atoms with E-state index in [-0.39, 0.29) is 12.4 Å². The minimum Gasteiger partial charge on any atom is -0.302 e. The molecule has 1 heterocycles. The second kappa shape index (κ2) is 20.9. The van der Waals surface area contributed by atoms with Crippen molar-refractivity contribution in [3.8, 4) is 0 Å². The van der Waals surface area contributed by atoms with Crippen LogP contribution in [-0.2, 0) is 0 Å². The molecule has 1 saturated heterocycles. The molecule has 0 radical (unpaired) electrons. The lowest BCUT2D eigenvalue weighted by atomic mass is 10.0. The molecule has 1 fully saturated rings. The van der Waals surface area contributed by atoms with Gasteiger partial charge < -0.3 is 4.90 Å². The Morgan fingerprint density at radius 2 is 0.920 bits per heavy atom. The molecule has 0 saturated carbocycles. The lowest BCUT2D eigenvalue weighted by Crippen LogP contribution is -2.33. The average molecular weight is 392 g/mol. The molecule has 0 bridgehead atoms. The molecular weight excluding hydrogens is 346 g/mol. The molecule has 0 spiro atoms. The highest BCUT2D eigenvalue weighted by atomic mass is 35.5. The standard InChI is InChI=1S/C22H45NS.ClH/c1-2-3-4-5-6-7-8-9-10-11-12-13-14-15-16-17-18-23-19-21-24-22-20-23;/h2-22H2,1H3;1H. The van der Waals surface area contributed by atoms with Gasteiger partial charge in [-0.1, -0.05) is 103 Å². The van der Waals surface area contributed by atoms with Crippen LogP contribution in [0.2, 0.25) is 0 Å². The number of hydrogen-bond donors (Lipinski definition) is 0. The summed E-state index contributed by atoms with van der Waals surface area (Å²) in [5, 5.41) is 0. The van der Waals surface area contributed by atoms with Gasteiger partial charge in [-0.05, 0) is 13.0 Å². The number of thioether (sulfide) groups is 1. The van der Waals surface area contributed by atoms with Gasteiger partial charge in [-0.3, -0.25) is 0 Å². The van der Waals surface area contributed by atoms with Gasteiger partial charge in [0.15, 0.2) is 0 Å². The molecule has 0 aliphatic carbocycles. The van der Waals surface area contributed by atoms with Crippen molar-refractivity contribution in [3.05, 3.63) is 0 Å². The van der Waals surface area contributed by atoms with E-state index in [1.807, 2.05) is 0 Å². The maximum absolute atomic E-state index is 2.67. The van der Waals surface area contributed by atoms with Gasteiger partial charge in [0.25, 0.3) is 0 Å². The Morgan fingerprint density at radius 1 is 0.560 bits per heavy atom. The van der Waals surface area contributed by atoms with E-state index in [2.05, 4.69) is 23.6 Å². The number of nitrogens with zero attached hydrogens (tertiary/aromatic N) is 1. The molecule has 1 nitrogen and oxygen atoms in total. The Balaban J connectivity index is 0.00000576. The maximum Gasteiger partial charge on any atom is 0.00727 e. The highest BCUT2D eigenvalue weighted by Gasteiger charge is 2.08. The van der Waals surface area contributed by atoms with Crippen molar-refractivity contribution in [2.24, 2.45) is 0 Å². The van der Waals surface area contributed by atoms with Gasteiger partial charge in [0.05, 0.1) is 0 Å². The SMILES string of the molecule is CCCCCCCCCCCCCCCCCCN1CCSCC1.Cl. The lowest BCUT2D eigenvalue weighted by molar-refractivity contribution is 0.294. The summed E-state index contributed by atoms with van der Waals surface area (Å²) in [5.41, 5.74) is 0. The molecule has 1 aliphatic rings. The van der Waals surface area contributed by atoms with Crippen LogP contribution >= 0.6 is 24.2 Å². The van der Waals surface area contributed by atoms with E-state index in [0.717, 1.165) is 0 Å². The monoisotopic (exact) mass is 391 g/mol. The zero-order valence-electron chi connectivity index (χ0n) is 17.1. The quantitative estimate of drug-likeness (QED) is 0.233. The van der Waals surface area contributed by atoms with Gasteiger partial charge in [0.2, 0.25) is 0 Å². The Bertz CT molecular complexity index is 244. The molecule has 3 heteroatoms. The first-order valence-corrected chi connectivity index (χ1v) is 12.4. The zero-order valence-corrected chi connectivity index (χ0v) is 18.7. The van der Waals surface area contributed by atoms with E-state index in [1.165, 1.54) is 134 Å². The highest BCUT2D eigenvalue weighted by molar-refractivity contribution is 7.99. The molecule has 1 aliphatic heterocycles. The fourth-order valence-electron chi connectivity index (χ4n) is 3.71. The van der Waals surface area contributed by atoms with Crippen LogP contribution in [0, 0.1) is 0 Å². The van der Waals surface area contributed by atoms with Crippen molar-refractivity contribution in [2.45, 2.75) is 110 Å². The molecule has 152 valence electrons. The van der Waals surface area contributed by atoms with Gasteiger partial charge in [-0.15, -0.1) is 12.4 Å². The van der Waals surface area contributed by atoms with E-state index < -0.39 is 0 Å². The van der Waals surface area contributed by atoms with Crippen LogP contribution < -0.4 is 0 Å². The van der Waals surface area contributed by atoms with Crippen LogP contribution in [0.4, 0.5) is 0 Å². The summed E-state index contributed by atoms with van der Waals surface area (Å²) in [5.74, 6) is 2.72. The van der Waals surface area contributed by atoms with Crippen molar-refractivity contribution in [1.82, 2.24) is 4.90 Å². The smallest absolute Gasteiger partial charge is 0.00727 e. The molecule has 0 aromatic carbocycles. The van der Waals surface area contributed by atoms with E-state index >= 15 is 0 Å². The normalized spacial score (nSPS) is 15.2. The Hall–Kier alpha value is 0.600. The molecule has 0 aromatic rings. The first kappa shape index (κ1) is 25.6. The minimum atomic E-state index is 0. The molecule has 0 atom stereocenters. The van der Waals surface area contributed by atoms with E-state index in [4.69, 9.17) is 0 Å². The molecular formula is C22H46ClNS. The first-order chi connectivity index (χ1) is 11.9. The van der Waals surface area contributed by atoms with Crippen LogP contribution in [-0.4, -0.2) is 36.0 Å². The number of halogens is 1. The molecule has 0 aromatic heterocycles. The lowest BCUT2D eigenvalue weighted by Gasteiger charge is -2.25. The second-order valence-corrected chi connectivity index (χ2v) is 8.98. The fourth-order valence-corrected chi connectivity index (χ4v) is 4.69. The predicted molar refractivity (Wildman–Crippen MR) is 121 cm³/mol. The average Bonchev–Trinajstić information content (AvgIpc) is 2.62. The first-order valence-electron chi connectivity index (χ1n) is 11.2. The van der Waals surface area contributed by atoms with Gasteiger partial charge in [0.1, 0.15) is 0 Å². The molecule has 0 amide bonds. The fraction of sp³-hybridized carbons (Fsp3) is 1.00. The number of rotatable bonds is 17. The summed E-state index contributed by atoms with van der Waals surface area (Å²) in [6.07, 6.45) is 23.5. The summed E-state index contributed by atoms with van der Waals surface area (Å²) in [7, 11) is 0. The topological polar surface area (TPSA) is 3.24 Å². The largest absolute Gasteiger partial charge is 0.302 e. The van der Waals surface area contributed by atoms with Crippen LogP contribution in [0.25, 0.3) is 0 Å².